The lowest BCUT2D eigenvalue weighted by Crippen LogP contribution is -2.38. The van der Waals surface area contributed by atoms with Crippen molar-refractivity contribution in [1.82, 2.24) is 14.9 Å². The molecule has 1 fully saturated rings. The SMILES string of the molecule is O=C(C1CC1(F)F)N1CCc2nc[nH]c2C1. The van der Waals surface area contributed by atoms with Crippen LogP contribution in [-0.2, 0) is 17.8 Å². The molecule has 1 aliphatic heterocycles. The smallest absolute Gasteiger partial charge is 0.260 e. The minimum Gasteiger partial charge on any atom is -0.347 e. The van der Waals surface area contributed by atoms with Gasteiger partial charge in [-0.25, -0.2) is 13.8 Å². The van der Waals surface area contributed by atoms with Crippen molar-refractivity contribution < 1.29 is 13.6 Å². The Hall–Kier alpha value is -1.46. The van der Waals surface area contributed by atoms with Crippen molar-refractivity contribution in [2.75, 3.05) is 6.54 Å². The molecule has 2 aliphatic rings. The van der Waals surface area contributed by atoms with Crippen LogP contribution < -0.4 is 0 Å². The van der Waals surface area contributed by atoms with Crippen molar-refractivity contribution >= 4 is 5.91 Å². The zero-order valence-electron chi connectivity index (χ0n) is 8.54. The highest BCUT2D eigenvalue weighted by molar-refractivity contribution is 5.83. The number of rotatable bonds is 1. The lowest BCUT2D eigenvalue weighted by molar-refractivity contribution is -0.135. The molecule has 6 heteroatoms. The molecule has 1 aliphatic carbocycles. The van der Waals surface area contributed by atoms with Crippen molar-refractivity contribution in [3.63, 3.8) is 0 Å². The maximum Gasteiger partial charge on any atom is 0.260 e. The summed E-state index contributed by atoms with van der Waals surface area (Å²) in [6, 6.07) is 0. The molecule has 1 aromatic rings. The fraction of sp³-hybridized carbons (Fsp3) is 0.600. The second-order valence-electron chi connectivity index (χ2n) is 4.36. The van der Waals surface area contributed by atoms with Gasteiger partial charge in [0.2, 0.25) is 5.91 Å². The van der Waals surface area contributed by atoms with E-state index in [2.05, 4.69) is 9.97 Å². The molecule has 0 saturated heterocycles. The number of nitrogens with one attached hydrogen (secondary N) is 1. The summed E-state index contributed by atoms with van der Waals surface area (Å²) in [4.78, 5) is 20.2. The highest BCUT2D eigenvalue weighted by atomic mass is 19.3. The third-order valence-electron chi connectivity index (χ3n) is 3.21. The predicted octanol–water partition coefficient (Wildman–Crippen LogP) is 0.950. The van der Waals surface area contributed by atoms with Gasteiger partial charge in [-0.2, -0.15) is 0 Å². The Morgan fingerprint density at radius 1 is 1.62 bits per heavy atom. The molecule has 1 N–H and O–H groups in total. The summed E-state index contributed by atoms with van der Waals surface area (Å²) >= 11 is 0. The van der Waals surface area contributed by atoms with Gasteiger partial charge in [0.1, 0.15) is 5.92 Å². The summed E-state index contributed by atoms with van der Waals surface area (Å²) in [6.45, 7) is 0.865. The van der Waals surface area contributed by atoms with Crippen molar-refractivity contribution in [3.8, 4) is 0 Å². The van der Waals surface area contributed by atoms with E-state index in [0.717, 1.165) is 11.4 Å². The van der Waals surface area contributed by atoms with E-state index in [0.29, 0.717) is 19.5 Å². The largest absolute Gasteiger partial charge is 0.347 e. The normalized spacial score (nSPS) is 26.4. The van der Waals surface area contributed by atoms with Crippen LogP contribution in [0, 0.1) is 5.92 Å². The molecule has 4 nitrogen and oxygen atoms in total. The quantitative estimate of drug-likeness (QED) is 0.776. The molecule has 16 heavy (non-hydrogen) atoms. The molecule has 0 aromatic carbocycles. The maximum absolute atomic E-state index is 12.8. The Balaban J connectivity index is 1.72. The molecule has 1 atom stereocenters. The first-order valence-corrected chi connectivity index (χ1v) is 5.25. The van der Waals surface area contributed by atoms with Crippen LogP contribution in [0.3, 0.4) is 0 Å². The van der Waals surface area contributed by atoms with Gasteiger partial charge < -0.3 is 9.88 Å². The van der Waals surface area contributed by atoms with Gasteiger partial charge in [0.05, 0.1) is 24.3 Å². The van der Waals surface area contributed by atoms with Crippen LogP contribution in [0.5, 0.6) is 0 Å². The van der Waals surface area contributed by atoms with Crippen LogP contribution in [0.4, 0.5) is 8.78 Å². The van der Waals surface area contributed by atoms with Gasteiger partial charge in [-0.1, -0.05) is 0 Å². The first-order valence-electron chi connectivity index (χ1n) is 5.25. The van der Waals surface area contributed by atoms with E-state index in [4.69, 9.17) is 0 Å². The van der Waals surface area contributed by atoms with E-state index in [1.165, 1.54) is 4.90 Å². The number of halogens is 2. The first kappa shape index (κ1) is 9.74. The average molecular weight is 227 g/mol. The van der Waals surface area contributed by atoms with E-state index in [1.807, 2.05) is 0 Å². The Kier molecular flexibility index (Phi) is 1.84. The zero-order chi connectivity index (χ0) is 11.3. The van der Waals surface area contributed by atoms with E-state index < -0.39 is 17.7 Å². The van der Waals surface area contributed by atoms with Gasteiger partial charge in [0.15, 0.2) is 0 Å². The number of hydrogen-bond acceptors (Lipinski definition) is 2. The number of aromatic amines is 1. The van der Waals surface area contributed by atoms with Gasteiger partial charge >= 0.3 is 0 Å². The Morgan fingerprint density at radius 3 is 3.06 bits per heavy atom. The van der Waals surface area contributed by atoms with Crippen LogP contribution in [0.2, 0.25) is 0 Å². The number of carbonyl (C=O) groups is 1. The number of carbonyl (C=O) groups excluding carboxylic acids is 1. The van der Waals surface area contributed by atoms with E-state index in [1.54, 1.807) is 6.33 Å². The number of imidazole rings is 1. The third-order valence-corrected chi connectivity index (χ3v) is 3.21. The number of alkyl halides is 2. The summed E-state index contributed by atoms with van der Waals surface area (Å²) < 4.78 is 25.5. The first-order chi connectivity index (χ1) is 7.58. The minimum absolute atomic E-state index is 0.293. The van der Waals surface area contributed by atoms with Gasteiger partial charge in [-0.05, 0) is 0 Å². The van der Waals surface area contributed by atoms with Crippen molar-refractivity contribution in [3.05, 3.63) is 17.7 Å². The highest BCUT2D eigenvalue weighted by Gasteiger charge is 2.62. The number of nitrogens with zero attached hydrogens (tertiary/aromatic N) is 2. The highest BCUT2D eigenvalue weighted by Crippen LogP contribution is 2.49. The molecule has 1 saturated carbocycles. The standard InChI is InChI=1S/C10H11F2N3O/c11-10(12)3-6(10)9(16)15-2-1-7-8(4-15)14-5-13-7/h5-6H,1-4H2,(H,13,14). The lowest BCUT2D eigenvalue weighted by Gasteiger charge is -2.26. The molecule has 1 amide bonds. The van der Waals surface area contributed by atoms with Gasteiger partial charge in [-0.15, -0.1) is 0 Å². The topological polar surface area (TPSA) is 49.0 Å². The molecule has 0 bridgehead atoms. The summed E-state index contributed by atoms with van der Waals surface area (Å²) in [7, 11) is 0. The molecule has 0 radical (unpaired) electrons. The lowest BCUT2D eigenvalue weighted by atomic mass is 10.1. The molecular weight excluding hydrogens is 216 g/mol. The molecule has 86 valence electrons. The average Bonchev–Trinajstić information content (AvgIpc) is 2.72. The number of amides is 1. The second kappa shape index (κ2) is 3.02. The minimum atomic E-state index is -2.77. The number of fused-ring (bicyclic) bond motifs is 1. The number of H-pyrrole nitrogens is 1. The molecule has 2 heterocycles. The number of hydrogen-bond donors (Lipinski definition) is 1. The fourth-order valence-corrected chi connectivity index (χ4v) is 2.10. The molecule has 1 aromatic heterocycles. The van der Waals surface area contributed by atoms with E-state index >= 15 is 0 Å². The van der Waals surface area contributed by atoms with Gasteiger partial charge in [-0.3, -0.25) is 4.79 Å². The van der Waals surface area contributed by atoms with Gasteiger partial charge in [0, 0.05) is 19.4 Å². The summed E-state index contributed by atoms with van der Waals surface area (Å²) in [6.07, 6.45) is 1.92. The maximum atomic E-state index is 12.8. The van der Waals surface area contributed by atoms with Crippen LogP contribution in [0.25, 0.3) is 0 Å². The van der Waals surface area contributed by atoms with Crippen LogP contribution in [0.1, 0.15) is 17.8 Å². The van der Waals surface area contributed by atoms with E-state index in [-0.39, 0.29) is 6.42 Å². The predicted molar refractivity (Wildman–Crippen MR) is 50.8 cm³/mol. The zero-order valence-corrected chi connectivity index (χ0v) is 8.54. The Bertz CT molecular complexity index is 443. The van der Waals surface area contributed by atoms with Crippen molar-refractivity contribution in [2.45, 2.75) is 25.3 Å². The molecule has 0 spiro atoms. The molecular formula is C10H11F2N3O. The Morgan fingerprint density at radius 2 is 2.38 bits per heavy atom. The second-order valence-corrected chi connectivity index (χ2v) is 4.36. The van der Waals surface area contributed by atoms with Gasteiger partial charge in [0.25, 0.3) is 5.92 Å². The van der Waals surface area contributed by atoms with Crippen LogP contribution >= 0.6 is 0 Å². The molecule has 1 unspecified atom stereocenters. The number of aromatic nitrogens is 2. The Labute approximate surface area is 90.7 Å². The van der Waals surface area contributed by atoms with Crippen molar-refractivity contribution in [2.24, 2.45) is 5.92 Å². The fourth-order valence-electron chi connectivity index (χ4n) is 2.10. The summed E-state index contributed by atoms with van der Waals surface area (Å²) in [5, 5.41) is 0. The third kappa shape index (κ3) is 1.40. The van der Waals surface area contributed by atoms with Crippen molar-refractivity contribution in [1.29, 1.82) is 0 Å². The summed E-state index contributed by atoms with van der Waals surface area (Å²) in [5.41, 5.74) is 1.80. The van der Waals surface area contributed by atoms with Crippen LogP contribution in [-0.4, -0.2) is 33.2 Å². The van der Waals surface area contributed by atoms with E-state index in [9.17, 15) is 13.6 Å². The monoisotopic (exact) mass is 227 g/mol. The molecule has 3 rings (SSSR count). The summed E-state index contributed by atoms with van der Waals surface area (Å²) in [5.74, 6) is -4.28. The van der Waals surface area contributed by atoms with Crippen LogP contribution in [0.15, 0.2) is 6.33 Å².